The van der Waals surface area contributed by atoms with E-state index < -0.39 is 0 Å². The number of carbonyl (C=O) groups excluding carboxylic acids is 1. The molecule has 0 saturated carbocycles. The number of rotatable bonds is 3. The molecule has 2 aromatic carbocycles. The van der Waals surface area contributed by atoms with E-state index in [0.29, 0.717) is 33.0 Å². The smallest absolute Gasteiger partial charge is 0.142 e. The van der Waals surface area contributed by atoms with Gasteiger partial charge in [-0.05, 0) is 47.5 Å². The summed E-state index contributed by atoms with van der Waals surface area (Å²) in [6.45, 7) is 0. The molecule has 0 saturated heterocycles. The van der Waals surface area contributed by atoms with Crippen LogP contribution in [0.1, 0.15) is 5.56 Å². The highest BCUT2D eigenvalue weighted by Crippen LogP contribution is 2.33. The number of carbonyl (C=O) groups is 1. The van der Waals surface area contributed by atoms with Gasteiger partial charge in [0.1, 0.15) is 12.1 Å². The normalized spacial score (nSPS) is 10.9. The summed E-state index contributed by atoms with van der Waals surface area (Å²) in [6, 6.07) is 9.37. The first-order valence-corrected chi connectivity index (χ1v) is 6.24. The second-order valence-electron chi connectivity index (χ2n) is 3.85. The number of hydrogen-bond donors (Lipinski definition) is 0. The molecule has 0 fully saturated rings. The van der Waals surface area contributed by atoms with Gasteiger partial charge in [0.05, 0.1) is 0 Å². The van der Waals surface area contributed by atoms with Crippen LogP contribution in [0.5, 0.6) is 0 Å². The van der Waals surface area contributed by atoms with Crippen molar-refractivity contribution < 1.29 is 9.18 Å². The third-order valence-electron chi connectivity index (χ3n) is 2.57. The fourth-order valence-corrected chi connectivity index (χ4v) is 2.34. The van der Waals surface area contributed by atoms with Crippen LogP contribution in [-0.4, -0.2) is 6.29 Å². The Morgan fingerprint density at radius 3 is 2.58 bits per heavy atom. The molecule has 96 valence electrons. The predicted octanol–water partition coefficient (Wildman–Crippen LogP) is 5.01. The molecular formula is C15H9Cl2FO. The summed E-state index contributed by atoms with van der Waals surface area (Å²) in [7, 11) is 0. The van der Waals surface area contributed by atoms with Crippen LogP contribution in [0.2, 0.25) is 10.0 Å². The Labute approximate surface area is 120 Å². The van der Waals surface area contributed by atoms with Crippen molar-refractivity contribution >= 4 is 35.6 Å². The molecule has 0 spiro atoms. The van der Waals surface area contributed by atoms with Gasteiger partial charge in [-0.25, -0.2) is 4.39 Å². The molecule has 2 rings (SSSR count). The number of hydrogen-bond acceptors (Lipinski definition) is 1. The summed E-state index contributed by atoms with van der Waals surface area (Å²) < 4.78 is 13.3. The Morgan fingerprint density at radius 1 is 1.11 bits per heavy atom. The second kappa shape index (κ2) is 6.00. The fourth-order valence-electron chi connectivity index (χ4n) is 1.78. The zero-order valence-corrected chi connectivity index (χ0v) is 11.3. The average Bonchev–Trinajstić information content (AvgIpc) is 2.37. The van der Waals surface area contributed by atoms with Crippen LogP contribution in [0.15, 0.2) is 42.5 Å². The van der Waals surface area contributed by atoms with Crippen LogP contribution in [-0.2, 0) is 4.79 Å². The third-order valence-corrected chi connectivity index (χ3v) is 3.10. The number of aldehydes is 1. The summed E-state index contributed by atoms with van der Waals surface area (Å²) in [4.78, 5) is 10.4. The summed E-state index contributed by atoms with van der Waals surface area (Å²) in [5.74, 6) is -0.348. The maximum Gasteiger partial charge on any atom is 0.142 e. The van der Waals surface area contributed by atoms with Crippen molar-refractivity contribution in [3.8, 4) is 11.1 Å². The van der Waals surface area contributed by atoms with Crippen molar-refractivity contribution in [2.45, 2.75) is 0 Å². The number of benzene rings is 2. The minimum Gasteiger partial charge on any atom is -0.299 e. The molecule has 0 radical (unpaired) electrons. The van der Waals surface area contributed by atoms with Gasteiger partial charge in [-0.1, -0.05) is 35.3 Å². The van der Waals surface area contributed by atoms with E-state index in [1.807, 2.05) is 0 Å². The van der Waals surface area contributed by atoms with Crippen LogP contribution < -0.4 is 0 Å². The standard InChI is InChI=1S/C15H9Cl2FO/c16-11-8-14(10-3-1-4-12(18)7-10)13(5-2-6-19)15(17)9-11/h1-9H/b5-2+. The molecule has 4 heteroatoms. The van der Waals surface area contributed by atoms with E-state index in [9.17, 15) is 9.18 Å². The molecule has 0 heterocycles. The highest BCUT2D eigenvalue weighted by Gasteiger charge is 2.09. The monoisotopic (exact) mass is 294 g/mol. The summed E-state index contributed by atoms with van der Waals surface area (Å²) in [5.41, 5.74) is 1.95. The van der Waals surface area contributed by atoms with Gasteiger partial charge < -0.3 is 0 Å². The molecule has 0 amide bonds. The minimum absolute atomic E-state index is 0.348. The molecule has 0 aromatic heterocycles. The molecule has 0 aliphatic rings. The SMILES string of the molecule is O=C/C=C/c1c(Cl)cc(Cl)cc1-c1cccc(F)c1. The van der Waals surface area contributed by atoms with Gasteiger partial charge in [0.25, 0.3) is 0 Å². The molecule has 2 aromatic rings. The van der Waals surface area contributed by atoms with Crippen molar-refractivity contribution in [1.29, 1.82) is 0 Å². The van der Waals surface area contributed by atoms with Gasteiger partial charge in [-0.2, -0.15) is 0 Å². The van der Waals surface area contributed by atoms with Crippen LogP contribution in [0, 0.1) is 5.82 Å². The highest BCUT2D eigenvalue weighted by atomic mass is 35.5. The average molecular weight is 295 g/mol. The Bertz CT molecular complexity index is 651. The quantitative estimate of drug-likeness (QED) is 0.574. The third kappa shape index (κ3) is 3.22. The predicted molar refractivity (Wildman–Crippen MR) is 77.0 cm³/mol. The molecule has 1 nitrogen and oxygen atoms in total. The lowest BCUT2D eigenvalue weighted by molar-refractivity contribution is -0.104. The van der Waals surface area contributed by atoms with Crippen LogP contribution >= 0.6 is 23.2 Å². The summed E-state index contributed by atoms with van der Waals surface area (Å²) in [6.07, 6.45) is 3.56. The lowest BCUT2D eigenvalue weighted by Crippen LogP contribution is -1.87. The van der Waals surface area contributed by atoms with Crippen molar-refractivity contribution in [2.75, 3.05) is 0 Å². The Hall–Kier alpha value is -1.64. The topological polar surface area (TPSA) is 17.1 Å². The first-order valence-electron chi connectivity index (χ1n) is 5.48. The largest absolute Gasteiger partial charge is 0.299 e. The molecule has 0 N–H and O–H groups in total. The van der Waals surface area contributed by atoms with Crippen molar-refractivity contribution in [2.24, 2.45) is 0 Å². The molecule has 0 bridgehead atoms. The molecule has 0 unspecified atom stereocenters. The Morgan fingerprint density at radius 2 is 1.89 bits per heavy atom. The van der Waals surface area contributed by atoms with Gasteiger partial charge >= 0.3 is 0 Å². The van der Waals surface area contributed by atoms with E-state index >= 15 is 0 Å². The number of allylic oxidation sites excluding steroid dienone is 1. The molecule has 0 atom stereocenters. The first-order chi connectivity index (χ1) is 9.11. The molecule has 0 aliphatic heterocycles. The van der Waals surface area contributed by atoms with Gasteiger partial charge in [-0.15, -0.1) is 0 Å². The van der Waals surface area contributed by atoms with E-state index in [0.717, 1.165) is 0 Å². The van der Waals surface area contributed by atoms with Crippen molar-refractivity contribution in [1.82, 2.24) is 0 Å². The van der Waals surface area contributed by atoms with E-state index in [1.165, 1.54) is 18.2 Å². The van der Waals surface area contributed by atoms with Gasteiger partial charge in [0.15, 0.2) is 0 Å². The summed E-state index contributed by atoms with van der Waals surface area (Å²) in [5, 5.41) is 0.859. The van der Waals surface area contributed by atoms with E-state index in [1.54, 1.807) is 30.3 Å². The van der Waals surface area contributed by atoms with Gasteiger partial charge in [-0.3, -0.25) is 4.79 Å². The van der Waals surface area contributed by atoms with Crippen molar-refractivity contribution in [3.63, 3.8) is 0 Å². The molecular weight excluding hydrogens is 286 g/mol. The second-order valence-corrected chi connectivity index (χ2v) is 4.70. The minimum atomic E-state index is -0.348. The maximum absolute atomic E-state index is 13.3. The van der Waals surface area contributed by atoms with Crippen LogP contribution in [0.25, 0.3) is 17.2 Å². The van der Waals surface area contributed by atoms with Crippen LogP contribution in [0.4, 0.5) is 4.39 Å². The molecule has 0 aliphatic carbocycles. The first kappa shape index (κ1) is 13.8. The van der Waals surface area contributed by atoms with E-state index in [4.69, 9.17) is 23.2 Å². The lowest BCUT2D eigenvalue weighted by Gasteiger charge is -2.09. The van der Waals surface area contributed by atoms with E-state index in [2.05, 4.69) is 0 Å². The summed E-state index contributed by atoms with van der Waals surface area (Å²) >= 11 is 12.1. The lowest BCUT2D eigenvalue weighted by atomic mass is 9.99. The highest BCUT2D eigenvalue weighted by molar-refractivity contribution is 6.36. The van der Waals surface area contributed by atoms with Crippen molar-refractivity contribution in [3.05, 3.63) is 63.9 Å². The van der Waals surface area contributed by atoms with E-state index in [-0.39, 0.29) is 5.82 Å². The van der Waals surface area contributed by atoms with Gasteiger partial charge in [0, 0.05) is 15.6 Å². The van der Waals surface area contributed by atoms with Crippen LogP contribution in [0.3, 0.4) is 0 Å². The Balaban J connectivity index is 2.67. The fraction of sp³-hybridized carbons (Fsp3) is 0. The Kier molecular flexibility index (Phi) is 4.35. The zero-order chi connectivity index (χ0) is 13.8. The molecule has 19 heavy (non-hydrogen) atoms. The number of halogens is 3. The van der Waals surface area contributed by atoms with Gasteiger partial charge in [0.2, 0.25) is 0 Å². The zero-order valence-electron chi connectivity index (χ0n) is 9.74. The maximum atomic E-state index is 13.3.